The molecule has 0 aromatic carbocycles. The van der Waals surface area contributed by atoms with Crippen LogP contribution in [0.2, 0.25) is 0 Å². The van der Waals surface area contributed by atoms with Crippen LogP contribution in [-0.2, 0) is 4.79 Å². The Morgan fingerprint density at radius 2 is 2.33 bits per heavy atom. The fraction of sp³-hybridized carbons (Fsp3) is 0.700. The molecule has 1 saturated heterocycles. The van der Waals surface area contributed by atoms with Crippen LogP contribution < -0.4 is 5.32 Å². The number of nitrogens with zero attached hydrogens (tertiary/aromatic N) is 5. The Hall–Kier alpha value is -2.01. The van der Waals surface area contributed by atoms with Crippen LogP contribution in [0.5, 0.6) is 0 Å². The van der Waals surface area contributed by atoms with Gasteiger partial charge in [0, 0.05) is 18.9 Å². The average molecular weight is 249 g/mol. The molecule has 0 bridgehead atoms. The quantitative estimate of drug-likeness (QED) is 0.762. The van der Waals surface area contributed by atoms with Gasteiger partial charge in [-0.25, -0.2) is 0 Å². The zero-order chi connectivity index (χ0) is 12.8. The first-order chi connectivity index (χ1) is 8.79. The van der Waals surface area contributed by atoms with Gasteiger partial charge in [0.05, 0.1) is 6.07 Å². The summed E-state index contributed by atoms with van der Waals surface area (Å²) in [5.74, 6) is 0.144. The van der Waals surface area contributed by atoms with Crippen LogP contribution in [0.3, 0.4) is 0 Å². The molecule has 96 valence electrons. The first-order valence-corrected chi connectivity index (χ1v) is 5.93. The van der Waals surface area contributed by atoms with Gasteiger partial charge in [0.25, 0.3) is 5.95 Å². The van der Waals surface area contributed by atoms with Crippen molar-refractivity contribution in [3.63, 3.8) is 0 Å². The first kappa shape index (κ1) is 12.4. The molecule has 0 atom stereocenters. The Balaban J connectivity index is 1.75. The van der Waals surface area contributed by atoms with Crippen molar-refractivity contribution in [2.45, 2.75) is 19.3 Å². The molecule has 0 radical (unpaired) electrons. The van der Waals surface area contributed by atoms with E-state index in [1.807, 2.05) is 0 Å². The number of H-pyrrole nitrogens is 1. The van der Waals surface area contributed by atoms with E-state index in [1.54, 1.807) is 0 Å². The number of nitriles is 1. The highest BCUT2D eigenvalue weighted by molar-refractivity contribution is 5.90. The van der Waals surface area contributed by atoms with Crippen molar-refractivity contribution in [3.8, 4) is 6.07 Å². The number of amides is 1. The molecule has 2 heterocycles. The van der Waals surface area contributed by atoms with Gasteiger partial charge in [-0.2, -0.15) is 10.5 Å². The van der Waals surface area contributed by atoms with Crippen molar-refractivity contribution in [1.82, 2.24) is 25.5 Å². The van der Waals surface area contributed by atoms with Crippen molar-refractivity contribution in [2.24, 2.45) is 5.92 Å². The summed E-state index contributed by atoms with van der Waals surface area (Å²) in [6.45, 7) is 2.49. The highest BCUT2D eigenvalue weighted by atomic mass is 16.2. The van der Waals surface area contributed by atoms with E-state index in [2.05, 4.69) is 36.9 Å². The predicted octanol–water partition coefficient (Wildman–Crippen LogP) is -0.236. The third-order valence-electron chi connectivity index (χ3n) is 3.08. The summed E-state index contributed by atoms with van der Waals surface area (Å²) in [5, 5.41) is 24.2. The third kappa shape index (κ3) is 3.24. The molecule has 0 saturated carbocycles. The summed E-state index contributed by atoms with van der Waals surface area (Å²) < 4.78 is 0. The molecule has 1 amide bonds. The maximum absolute atomic E-state index is 11.9. The van der Waals surface area contributed by atoms with Gasteiger partial charge >= 0.3 is 0 Å². The van der Waals surface area contributed by atoms with Gasteiger partial charge in [-0.05, 0) is 31.1 Å². The molecular formula is C10H15N7O. The number of likely N-dealkylation sites (tertiary alicyclic amines) is 1. The fourth-order valence-electron chi connectivity index (χ4n) is 2.05. The van der Waals surface area contributed by atoms with Crippen molar-refractivity contribution in [1.29, 1.82) is 5.26 Å². The predicted molar refractivity (Wildman–Crippen MR) is 62.2 cm³/mol. The molecule has 1 aliphatic rings. The Bertz CT molecular complexity index is 416. The van der Waals surface area contributed by atoms with Crippen molar-refractivity contribution >= 4 is 11.9 Å². The van der Waals surface area contributed by atoms with Crippen molar-refractivity contribution in [3.05, 3.63) is 0 Å². The van der Waals surface area contributed by atoms with Crippen LogP contribution in [0, 0.1) is 17.2 Å². The lowest BCUT2D eigenvalue weighted by Crippen LogP contribution is -2.38. The number of aromatic amines is 1. The Morgan fingerprint density at radius 1 is 1.56 bits per heavy atom. The van der Waals surface area contributed by atoms with E-state index in [0.717, 1.165) is 32.5 Å². The van der Waals surface area contributed by atoms with Gasteiger partial charge < -0.3 is 4.90 Å². The lowest BCUT2D eigenvalue weighted by atomic mass is 9.96. The summed E-state index contributed by atoms with van der Waals surface area (Å²) in [4.78, 5) is 14.1. The minimum atomic E-state index is -0.0590. The second-order valence-electron chi connectivity index (χ2n) is 4.25. The van der Waals surface area contributed by atoms with Crippen LogP contribution in [0.25, 0.3) is 0 Å². The minimum absolute atomic E-state index is 0.0122. The zero-order valence-electron chi connectivity index (χ0n) is 9.96. The van der Waals surface area contributed by atoms with E-state index >= 15 is 0 Å². The highest BCUT2D eigenvalue weighted by Gasteiger charge is 2.25. The molecular weight excluding hydrogens is 234 g/mol. The van der Waals surface area contributed by atoms with Crippen molar-refractivity contribution < 1.29 is 4.79 Å². The van der Waals surface area contributed by atoms with Gasteiger partial charge in [-0.15, -0.1) is 5.10 Å². The van der Waals surface area contributed by atoms with E-state index in [-0.39, 0.29) is 17.8 Å². The van der Waals surface area contributed by atoms with E-state index in [9.17, 15) is 4.79 Å². The second kappa shape index (κ2) is 6.07. The number of tetrazole rings is 1. The minimum Gasteiger partial charge on any atom is -0.302 e. The van der Waals surface area contributed by atoms with Crippen LogP contribution in [0.4, 0.5) is 5.95 Å². The molecule has 8 nitrogen and oxygen atoms in total. The fourth-order valence-corrected chi connectivity index (χ4v) is 2.05. The maximum atomic E-state index is 11.9. The number of hydrogen-bond donors (Lipinski definition) is 2. The van der Waals surface area contributed by atoms with E-state index < -0.39 is 0 Å². The van der Waals surface area contributed by atoms with Gasteiger partial charge in [-0.3, -0.25) is 10.1 Å². The summed E-state index contributed by atoms with van der Waals surface area (Å²) >= 11 is 0. The van der Waals surface area contributed by atoms with Gasteiger partial charge in [0.1, 0.15) is 0 Å². The number of aromatic nitrogens is 4. The number of nitrogens with one attached hydrogen (secondary N) is 2. The van der Waals surface area contributed by atoms with E-state index in [0.29, 0.717) is 6.42 Å². The van der Waals surface area contributed by atoms with Crippen molar-refractivity contribution in [2.75, 3.05) is 25.0 Å². The van der Waals surface area contributed by atoms with Crippen LogP contribution in [0.15, 0.2) is 0 Å². The number of carbonyl (C=O) groups is 1. The van der Waals surface area contributed by atoms with E-state index in [4.69, 9.17) is 5.26 Å². The standard InChI is InChI=1S/C10H15N7O/c11-4-1-5-17-6-2-8(3-7-17)9(18)12-10-13-15-16-14-10/h8H,1-3,5-7H2,(H2,12,13,14,15,16,18). The lowest BCUT2D eigenvalue weighted by Gasteiger charge is -2.30. The molecule has 18 heavy (non-hydrogen) atoms. The second-order valence-corrected chi connectivity index (χ2v) is 4.25. The topological polar surface area (TPSA) is 111 Å². The molecule has 1 aromatic heterocycles. The largest absolute Gasteiger partial charge is 0.302 e. The number of anilines is 1. The number of rotatable bonds is 4. The van der Waals surface area contributed by atoms with Crippen LogP contribution in [-0.4, -0.2) is 51.1 Å². The highest BCUT2D eigenvalue weighted by Crippen LogP contribution is 2.18. The molecule has 1 fully saturated rings. The molecule has 1 aliphatic heterocycles. The number of carbonyl (C=O) groups excluding carboxylic acids is 1. The van der Waals surface area contributed by atoms with Gasteiger partial charge in [-0.1, -0.05) is 5.10 Å². The lowest BCUT2D eigenvalue weighted by molar-refractivity contribution is -0.121. The van der Waals surface area contributed by atoms with Crippen LogP contribution in [0.1, 0.15) is 19.3 Å². The smallest absolute Gasteiger partial charge is 0.269 e. The summed E-state index contributed by atoms with van der Waals surface area (Å²) in [6.07, 6.45) is 2.14. The Labute approximate surface area is 104 Å². The normalized spacial score (nSPS) is 17.3. The molecule has 1 aromatic rings. The number of hydrogen-bond acceptors (Lipinski definition) is 6. The van der Waals surface area contributed by atoms with Gasteiger partial charge in [0.15, 0.2) is 0 Å². The molecule has 8 heteroatoms. The maximum Gasteiger partial charge on any atom is 0.269 e. The number of piperidine rings is 1. The van der Waals surface area contributed by atoms with E-state index in [1.165, 1.54) is 0 Å². The zero-order valence-corrected chi connectivity index (χ0v) is 9.96. The summed E-state index contributed by atoms with van der Waals surface area (Å²) in [5.41, 5.74) is 0. The molecule has 0 aliphatic carbocycles. The average Bonchev–Trinajstić information content (AvgIpc) is 2.89. The van der Waals surface area contributed by atoms with Crippen LogP contribution >= 0.6 is 0 Å². The van der Waals surface area contributed by atoms with Gasteiger partial charge in [0.2, 0.25) is 5.91 Å². The first-order valence-electron chi connectivity index (χ1n) is 5.93. The monoisotopic (exact) mass is 249 g/mol. The molecule has 2 N–H and O–H groups in total. The molecule has 0 unspecified atom stereocenters. The molecule has 0 spiro atoms. The summed E-state index contributed by atoms with van der Waals surface area (Å²) in [7, 11) is 0. The third-order valence-corrected chi connectivity index (χ3v) is 3.08. The molecule has 2 rings (SSSR count). The summed E-state index contributed by atoms with van der Waals surface area (Å²) in [6, 6.07) is 2.13. The SMILES string of the molecule is N#CCCN1CCC(C(=O)Nc2nn[nH]n2)CC1. The Kier molecular flexibility index (Phi) is 4.20. The Morgan fingerprint density at radius 3 is 2.94 bits per heavy atom.